The Balaban J connectivity index is 1.43. The molecule has 3 atom stereocenters. The molecule has 3 aromatic rings. The molecule has 1 saturated heterocycles. The molecule has 2 aliphatic rings. The third-order valence-corrected chi connectivity index (χ3v) is 7.52. The van der Waals surface area contributed by atoms with E-state index in [1.165, 1.54) is 20.3 Å². The summed E-state index contributed by atoms with van der Waals surface area (Å²) in [7, 11) is 2.66. The van der Waals surface area contributed by atoms with Crippen LogP contribution in [0.5, 0.6) is 5.75 Å². The number of aromatic nitrogens is 2. The van der Waals surface area contributed by atoms with Crippen molar-refractivity contribution >= 4 is 29.5 Å². The normalized spacial score (nSPS) is 21.0. The molecule has 3 amide bonds. The van der Waals surface area contributed by atoms with Crippen molar-refractivity contribution < 1.29 is 33.0 Å². The first-order chi connectivity index (χ1) is 19.8. The molecule has 1 fully saturated rings. The molecule has 1 unspecified atom stereocenters. The van der Waals surface area contributed by atoms with Crippen LogP contribution in [0.1, 0.15) is 56.1 Å². The van der Waals surface area contributed by atoms with Crippen LogP contribution in [0.4, 0.5) is 25.4 Å². The minimum Gasteiger partial charge on any atom is -0.494 e. The first-order valence-corrected chi connectivity index (χ1v) is 13.4. The van der Waals surface area contributed by atoms with E-state index in [0.29, 0.717) is 60.7 Å². The summed E-state index contributed by atoms with van der Waals surface area (Å²) in [6, 6.07) is 9.44. The summed E-state index contributed by atoms with van der Waals surface area (Å²) in [6.07, 6.45) is 1.86. The number of carbonyl (C=O) groups excluding carboxylic acids is 3. The van der Waals surface area contributed by atoms with E-state index < -0.39 is 30.1 Å². The lowest BCUT2D eigenvalue weighted by atomic mass is 9.98. The third-order valence-electron chi connectivity index (χ3n) is 7.52. The van der Waals surface area contributed by atoms with Gasteiger partial charge < -0.3 is 24.5 Å². The number of amides is 3. The number of carbonyl (C=O) groups is 3. The molecule has 3 heterocycles. The number of methoxy groups -OCH3 is 2. The fraction of sp³-hybridized carbons (Fsp3) is 0.379. The zero-order valence-corrected chi connectivity index (χ0v) is 23.0. The van der Waals surface area contributed by atoms with Crippen molar-refractivity contribution in [2.24, 2.45) is 5.92 Å². The lowest BCUT2D eigenvalue weighted by molar-refractivity contribution is -0.119. The number of hydrogen-bond acceptors (Lipinski definition) is 7. The van der Waals surface area contributed by atoms with E-state index in [-0.39, 0.29) is 23.1 Å². The van der Waals surface area contributed by atoms with Gasteiger partial charge in [-0.25, -0.2) is 19.0 Å². The van der Waals surface area contributed by atoms with E-state index in [2.05, 4.69) is 25.3 Å². The largest absolute Gasteiger partial charge is 0.494 e. The van der Waals surface area contributed by atoms with E-state index in [1.807, 2.05) is 6.92 Å². The standard InChI is InChI=1S/C29H32FN5O6/c1-16-6-4-8-22(35-13-12-23(41-29(35)38)19-7-5-9-24(39-2)25(19)30)26-31-15-21(33-26)18-11-10-17(32-28(37)40-3)14-20(18)34-27(16)36/h5,7,9-11,14-16,22-23H,4,6,8,12-13H2,1-3H3,(H,31,33)(H,32,37)(H,34,36)/t16-,22+,23?/m1/s1. The molecule has 216 valence electrons. The number of nitrogens with one attached hydrogen (secondary N) is 3. The van der Waals surface area contributed by atoms with Gasteiger partial charge in [-0.3, -0.25) is 15.0 Å². The Morgan fingerprint density at radius 2 is 2.00 bits per heavy atom. The number of hydrogen-bond donors (Lipinski definition) is 3. The van der Waals surface area contributed by atoms with Gasteiger partial charge >= 0.3 is 12.2 Å². The van der Waals surface area contributed by atoms with Crippen LogP contribution in [-0.4, -0.2) is 53.7 Å². The number of rotatable bonds is 4. The Labute approximate surface area is 236 Å². The van der Waals surface area contributed by atoms with Crippen molar-refractivity contribution in [3.63, 3.8) is 0 Å². The van der Waals surface area contributed by atoms with Gasteiger partial charge in [-0.05, 0) is 37.1 Å². The number of fused-ring (bicyclic) bond motifs is 4. The molecule has 0 aliphatic carbocycles. The lowest BCUT2D eigenvalue weighted by Crippen LogP contribution is -2.42. The predicted molar refractivity (Wildman–Crippen MR) is 148 cm³/mol. The minimum atomic E-state index is -0.740. The first kappa shape index (κ1) is 27.9. The molecule has 41 heavy (non-hydrogen) atoms. The highest BCUT2D eigenvalue weighted by atomic mass is 19.1. The van der Waals surface area contributed by atoms with Gasteiger partial charge in [0, 0.05) is 35.7 Å². The predicted octanol–water partition coefficient (Wildman–Crippen LogP) is 5.79. The summed E-state index contributed by atoms with van der Waals surface area (Å²) in [6.45, 7) is 2.18. The molecule has 1 aromatic heterocycles. The molecule has 12 heteroatoms. The second kappa shape index (κ2) is 11.9. The van der Waals surface area contributed by atoms with Crippen LogP contribution in [0.25, 0.3) is 11.3 Å². The van der Waals surface area contributed by atoms with Gasteiger partial charge in [-0.1, -0.05) is 25.5 Å². The number of nitrogens with zero attached hydrogens (tertiary/aromatic N) is 2. The van der Waals surface area contributed by atoms with Gasteiger partial charge in [0.1, 0.15) is 11.9 Å². The Kier molecular flexibility index (Phi) is 8.09. The van der Waals surface area contributed by atoms with E-state index in [9.17, 15) is 18.8 Å². The smallest absolute Gasteiger partial charge is 0.411 e. The summed E-state index contributed by atoms with van der Waals surface area (Å²) in [5.74, 6) is -0.353. The quantitative estimate of drug-likeness (QED) is 0.365. The minimum absolute atomic E-state index is 0.0926. The molecule has 11 nitrogen and oxygen atoms in total. The van der Waals surface area contributed by atoms with E-state index in [4.69, 9.17) is 9.47 Å². The van der Waals surface area contributed by atoms with Crippen molar-refractivity contribution in [3.8, 4) is 17.0 Å². The van der Waals surface area contributed by atoms with Crippen LogP contribution in [0, 0.1) is 11.7 Å². The average molecular weight is 566 g/mol. The number of imidazole rings is 1. The number of benzene rings is 2. The van der Waals surface area contributed by atoms with Gasteiger partial charge in [0.05, 0.1) is 37.8 Å². The Morgan fingerprint density at radius 3 is 2.76 bits per heavy atom. The number of ether oxygens (including phenoxy) is 3. The number of aromatic amines is 1. The highest BCUT2D eigenvalue weighted by Crippen LogP contribution is 2.38. The highest BCUT2D eigenvalue weighted by Gasteiger charge is 2.36. The topological polar surface area (TPSA) is 135 Å². The van der Waals surface area contributed by atoms with Crippen molar-refractivity contribution in [1.29, 1.82) is 0 Å². The number of H-pyrrole nitrogens is 1. The maximum atomic E-state index is 14.9. The summed E-state index contributed by atoms with van der Waals surface area (Å²) >= 11 is 0. The highest BCUT2D eigenvalue weighted by molar-refractivity contribution is 5.98. The van der Waals surface area contributed by atoms with Crippen molar-refractivity contribution in [3.05, 3.63) is 59.8 Å². The van der Waals surface area contributed by atoms with E-state index >= 15 is 0 Å². The molecule has 0 saturated carbocycles. The SMILES string of the molecule is COC(=O)Nc1ccc2c(c1)NC(=O)[C@H](C)CCC[C@H](N1CCC(c3cccc(OC)c3F)OC1=O)c1ncc-2[nH]1. The Morgan fingerprint density at radius 1 is 1.17 bits per heavy atom. The fourth-order valence-corrected chi connectivity index (χ4v) is 5.25. The molecule has 5 rings (SSSR count). The van der Waals surface area contributed by atoms with Gasteiger partial charge in [0.25, 0.3) is 0 Å². The molecule has 0 spiro atoms. The van der Waals surface area contributed by atoms with Crippen molar-refractivity contribution in [2.75, 3.05) is 31.4 Å². The van der Waals surface area contributed by atoms with Crippen LogP contribution in [-0.2, 0) is 14.3 Å². The lowest BCUT2D eigenvalue weighted by Gasteiger charge is -2.36. The zero-order chi connectivity index (χ0) is 29.1. The van der Waals surface area contributed by atoms with Crippen LogP contribution < -0.4 is 15.4 Å². The van der Waals surface area contributed by atoms with Gasteiger partial charge in [-0.2, -0.15) is 0 Å². The molecular formula is C29H32FN5O6. The first-order valence-electron chi connectivity index (χ1n) is 13.4. The number of anilines is 2. The molecule has 2 aromatic carbocycles. The number of halogens is 1. The maximum Gasteiger partial charge on any atom is 0.411 e. The number of cyclic esters (lactones) is 1. The molecule has 2 aliphatic heterocycles. The monoisotopic (exact) mass is 565 g/mol. The van der Waals surface area contributed by atoms with Gasteiger partial charge in [0.15, 0.2) is 11.6 Å². The molecule has 0 radical (unpaired) electrons. The summed E-state index contributed by atoms with van der Waals surface area (Å²) in [5.41, 5.74) is 2.50. The summed E-state index contributed by atoms with van der Waals surface area (Å²) in [5, 5.41) is 5.58. The van der Waals surface area contributed by atoms with Crippen LogP contribution in [0.3, 0.4) is 0 Å². The zero-order valence-electron chi connectivity index (χ0n) is 23.0. The van der Waals surface area contributed by atoms with E-state index in [1.54, 1.807) is 41.4 Å². The van der Waals surface area contributed by atoms with E-state index in [0.717, 1.165) is 0 Å². The van der Waals surface area contributed by atoms with Crippen LogP contribution >= 0.6 is 0 Å². The Bertz CT molecular complexity index is 1460. The van der Waals surface area contributed by atoms with Gasteiger partial charge in [0.2, 0.25) is 5.91 Å². The fourth-order valence-electron chi connectivity index (χ4n) is 5.25. The Hall–Kier alpha value is -4.61. The summed E-state index contributed by atoms with van der Waals surface area (Å²) in [4.78, 5) is 47.6. The molecule has 3 N–H and O–H groups in total. The second-order valence-electron chi connectivity index (χ2n) is 10.1. The van der Waals surface area contributed by atoms with Crippen LogP contribution in [0.2, 0.25) is 0 Å². The van der Waals surface area contributed by atoms with Gasteiger partial charge in [-0.15, -0.1) is 0 Å². The second-order valence-corrected chi connectivity index (χ2v) is 10.1. The molecular weight excluding hydrogens is 533 g/mol. The van der Waals surface area contributed by atoms with Crippen LogP contribution in [0.15, 0.2) is 42.6 Å². The third kappa shape index (κ3) is 5.81. The average Bonchev–Trinajstić information content (AvgIpc) is 3.45. The van der Waals surface area contributed by atoms with Crippen molar-refractivity contribution in [1.82, 2.24) is 14.9 Å². The van der Waals surface area contributed by atoms with Crippen molar-refractivity contribution in [2.45, 2.75) is 44.8 Å². The maximum absolute atomic E-state index is 14.9. The molecule has 2 bridgehead atoms. The summed E-state index contributed by atoms with van der Waals surface area (Å²) < 4.78 is 30.4.